The average Bonchev–Trinajstić information content (AvgIpc) is 2.78. The van der Waals surface area contributed by atoms with Crippen LogP contribution in [0, 0.1) is 18.8 Å². The van der Waals surface area contributed by atoms with Gasteiger partial charge < -0.3 is 0 Å². The van der Waals surface area contributed by atoms with Crippen LogP contribution in [0.5, 0.6) is 0 Å². The van der Waals surface area contributed by atoms with Gasteiger partial charge in [0.15, 0.2) is 0 Å². The van der Waals surface area contributed by atoms with E-state index in [1.165, 1.54) is 32.1 Å². The van der Waals surface area contributed by atoms with Crippen molar-refractivity contribution in [1.29, 1.82) is 0 Å². The largest absolute Gasteiger partial charge is 0.244 e. The number of aryl methyl sites for hydroxylation is 1. The van der Waals surface area contributed by atoms with E-state index < -0.39 is 10.0 Å². The molecule has 170 valence electrons. The molecule has 0 heterocycles. The first-order valence-corrected chi connectivity index (χ1v) is 13.3. The Hall–Kier alpha value is -2.35. The van der Waals surface area contributed by atoms with Crippen molar-refractivity contribution in [3.8, 4) is 11.8 Å². The molecule has 0 N–H and O–H groups in total. The first kappa shape index (κ1) is 24.3. The fourth-order valence-corrected chi connectivity index (χ4v) is 5.57. The van der Waals surface area contributed by atoms with Crippen molar-refractivity contribution in [2.45, 2.75) is 75.6 Å². The summed E-state index contributed by atoms with van der Waals surface area (Å²) in [6, 6.07) is 16.7. The van der Waals surface area contributed by atoms with Crippen LogP contribution < -0.4 is 0 Å². The first-order chi connectivity index (χ1) is 15.6. The molecule has 3 nitrogen and oxygen atoms in total. The maximum Gasteiger partial charge on any atom is 0.244 e. The summed E-state index contributed by atoms with van der Waals surface area (Å²) < 4.78 is 29.0. The minimum absolute atomic E-state index is 0.175. The van der Waals surface area contributed by atoms with Gasteiger partial charge in [0.25, 0.3) is 0 Å². The van der Waals surface area contributed by atoms with Crippen LogP contribution in [-0.4, -0.2) is 25.3 Å². The third kappa shape index (κ3) is 7.36. The van der Waals surface area contributed by atoms with Crippen LogP contribution in [0.25, 0.3) is 0 Å². The maximum atomic E-state index is 13.7. The van der Waals surface area contributed by atoms with Crippen LogP contribution in [0.3, 0.4) is 0 Å². The van der Waals surface area contributed by atoms with Gasteiger partial charge in [-0.25, -0.2) is 8.42 Å². The summed E-state index contributed by atoms with van der Waals surface area (Å²) in [4.78, 5) is 0.337. The molecule has 1 unspecified atom stereocenters. The van der Waals surface area contributed by atoms with E-state index in [1.807, 2.05) is 49.4 Å². The smallest absolute Gasteiger partial charge is 0.207 e. The van der Waals surface area contributed by atoms with Gasteiger partial charge >= 0.3 is 0 Å². The SMILES string of the molecule is Cc1ccc(S(=O)(=O)N(CC#Cc2ccccc2)C2/C=C\CCCCCCCCC2)cc1. The van der Waals surface area contributed by atoms with Crippen LogP contribution in [0.15, 0.2) is 71.6 Å². The molecular formula is C28H35NO2S. The number of sulfonamides is 1. The molecule has 0 radical (unpaired) electrons. The third-order valence-corrected chi connectivity index (χ3v) is 7.85. The predicted molar refractivity (Wildman–Crippen MR) is 133 cm³/mol. The number of nitrogens with zero attached hydrogens (tertiary/aromatic N) is 1. The molecule has 0 bridgehead atoms. The van der Waals surface area contributed by atoms with E-state index >= 15 is 0 Å². The summed E-state index contributed by atoms with van der Waals surface area (Å²) in [6.45, 7) is 2.15. The molecule has 0 aromatic heterocycles. The van der Waals surface area contributed by atoms with Gasteiger partial charge in [-0.3, -0.25) is 0 Å². The summed E-state index contributed by atoms with van der Waals surface area (Å²) in [6.07, 6.45) is 14.5. The molecule has 0 saturated carbocycles. The second-order valence-electron chi connectivity index (χ2n) is 8.58. The van der Waals surface area contributed by atoms with Crippen molar-refractivity contribution in [1.82, 2.24) is 4.31 Å². The highest BCUT2D eigenvalue weighted by Crippen LogP contribution is 2.23. The third-order valence-electron chi connectivity index (χ3n) is 5.97. The normalized spacial score (nSPS) is 19.2. The number of hydrogen-bond donors (Lipinski definition) is 0. The van der Waals surface area contributed by atoms with Crippen LogP contribution in [0.2, 0.25) is 0 Å². The second-order valence-corrected chi connectivity index (χ2v) is 10.5. The van der Waals surface area contributed by atoms with Gasteiger partial charge in [-0.05, 0) is 50.5 Å². The monoisotopic (exact) mass is 449 g/mol. The van der Waals surface area contributed by atoms with Crippen LogP contribution in [0.4, 0.5) is 0 Å². The maximum absolute atomic E-state index is 13.7. The molecule has 1 aliphatic rings. The second kappa shape index (κ2) is 12.6. The zero-order chi connectivity index (χ0) is 22.7. The molecule has 0 aliphatic heterocycles. The van der Waals surface area contributed by atoms with Crippen LogP contribution >= 0.6 is 0 Å². The Labute approximate surface area is 194 Å². The fraction of sp³-hybridized carbons (Fsp3) is 0.429. The topological polar surface area (TPSA) is 37.4 Å². The summed E-state index contributed by atoms with van der Waals surface area (Å²) in [5, 5.41) is 0. The van der Waals surface area contributed by atoms with Crippen molar-refractivity contribution in [2.75, 3.05) is 6.54 Å². The Bertz CT molecular complexity index is 1010. The quantitative estimate of drug-likeness (QED) is 0.395. The van der Waals surface area contributed by atoms with E-state index in [0.29, 0.717) is 4.90 Å². The first-order valence-electron chi connectivity index (χ1n) is 11.9. The molecule has 2 aromatic carbocycles. The minimum atomic E-state index is -3.66. The van der Waals surface area contributed by atoms with E-state index in [9.17, 15) is 8.42 Å². The van der Waals surface area contributed by atoms with Gasteiger partial charge in [-0.2, -0.15) is 4.31 Å². The van der Waals surface area contributed by atoms with Crippen molar-refractivity contribution in [2.24, 2.45) is 0 Å². The van der Waals surface area contributed by atoms with E-state index in [0.717, 1.165) is 36.8 Å². The highest BCUT2D eigenvalue weighted by atomic mass is 32.2. The van der Waals surface area contributed by atoms with Gasteiger partial charge in [0, 0.05) is 11.6 Å². The van der Waals surface area contributed by atoms with Crippen LogP contribution in [0.1, 0.15) is 68.9 Å². The molecule has 32 heavy (non-hydrogen) atoms. The summed E-state index contributed by atoms with van der Waals surface area (Å²) in [5.41, 5.74) is 1.94. The van der Waals surface area contributed by atoms with Crippen molar-refractivity contribution >= 4 is 10.0 Å². The molecule has 0 spiro atoms. The average molecular weight is 450 g/mol. The Morgan fingerprint density at radius 1 is 0.875 bits per heavy atom. The van der Waals surface area contributed by atoms with Gasteiger partial charge in [-0.15, -0.1) is 0 Å². The number of rotatable bonds is 4. The molecule has 1 aliphatic carbocycles. The van der Waals surface area contributed by atoms with E-state index in [-0.39, 0.29) is 12.6 Å². The zero-order valence-electron chi connectivity index (χ0n) is 19.2. The highest BCUT2D eigenvalue weighted by Gasteiger charge is 2.29. The van der Waals surface area contributed by atoms with Gasteiger partial charge in [0.2, 0.25) is 10.0 Å². The lowest BCUT2D eigenvalue weighted by atomic mass is 10.0. The van der Waals surface area contributed by atoms with E-state index in [1.54, 1.807) is 16.4 Å². The Morgan fingerprint density at radius 3 is 2.25 bits per heavy atom. The molecule has 0 saturated heterocycles. The summed E-state index contributed by atoms with van der Waals surface area (Å²) in [7, 11) is -3.66. The molecular weight excluding hydrogens is 414 g/mol. The van der Waals surface area contributed by atoms with E-state index in [4.69, 9.17) is 0 Å². The van der Waals surface area contributed by atoms with Gasteiger partial charge in [-0.1, -0.05) is 98.4 Å². The number of benzene rings is 2. The highest BCUT2D eigenvalue weighted by molar-refractivity contribution is 7.89. The van der Waals surface area contributed by atoms with Gasteiger partial charge in [0.05, 0.1) is 11.4 Å². The molecule has 2 aromatic rings. The zero-order valence-corrected chi connectivity index (χ0v) is 20.0. The van der Waals surface area contributed by atoms with Crippen molar-refractivity contribution in [3.63, 3.8) is 0 Å². The Balaban J connectivity index is 1.90. The Morgan fingerprint density at radius 2 is 1.53 bits per heavy atom. The predicted octanol–water partition coefficient (Wildman–Crippen LogP) is 6.49. The Kier molecular flexibility index (Phi) is 9.59. The summed E-state index contributed by atoms with van der Waals surface area (Å²) >= 11 is 0. The standard InChI is InChI=1S/C28H35NO2S/c1-25-20-22-28(23-21-25)32(30,31)29(24-14-17-26-15-10-9-11-16-26)27-18-12-7-5-3-2-4-6-8-13-19-27/h9-12,15-16,18,20-23,27H,2-8,13,19,24H2,1H3/b18-12-. The lowest BCUT2D eigenvalue weighted by molar-refractivity contribution is 0.365. The van der Waals surface area contributed by atoms with Crippen molar-refractivity contribution in [3.05, 3.63) is 77.9 Å². The summed E-state index contributed by atoms with van der Waals surface area (Å²) in [5.74, 6) is 6.27. The molecule has 0 amide bonds. The number of allylic oxidation sites excluding steroid dienone is 1. The molecule has 4 heteroatoms. The minimum Gasteiger partial charge on any atom is -0.207 e. The lowest BCUT2D eigenvalue weighted by Gasteiger charge is -2.28. The van der Waals surface area contributed by atoms with Crippen molar-refractivity contribution < 1.29 is 8.42 Å². The molecule has 1 atom stereocenters. The van der Waals surface area contributed by atoms with Gasteiger partial charge in [0.1, 0.15) is 0 Å². The lowest BCUT2D eigenvalue weighted by Crippen LogP contribution is -2.39. The fourth-order valence-electron chi connectivity index (χ4n) is 4.06. The number of hydrogen-bond acceptors (Lipinski definition) is 2. The van der Waals surface area contributed by atoms with E-state index in [2.05, 4.69) is 24.0 Å². The van der Waals surface area contributed by atoms with Crippen LogP contribution in [-0.2, 0) is 10.0 Å². The molecule has 0 fully saturated rings. The molecule has 3 rings (SSSR count).